The van der Waals surface area contributed by atoms with E-state index in [-0.39, 0.29) is 5.54 Å². The largest absolute Gasteiger partial charge is 0.460 e. The van der Waals surface area contributed by atoms with Gasteiger partial charge in [-0.1, -0.05) is 6.07 Å². The molecule has 0 saturated heterocycles. The first kappa shape index (κ1) is 12.8. The van der Waals surface area contributed by atoms with Gasteiger partial charge in [0.05, 0.1) is 0 Å². The summed E-state index contributed by atoms with van der Waals surface area (Å²) in [7, 11) is 0. The highest BCUT2D eigenvalue weighted by atomic mass is 16.3. The maximum absolute atomic E-state index is 5.74. The zero-order valence-electron chi connectivity index (χ0n) is 12.3. The highest BCUT2D eigenvalue weighted by Crippen LogP contribution is 2.31. The smallest absolute Gasteiger partial charge is 0.156 e. The highest BCUT2D eigenvalue weighted by molar-refractivity contribution is 5.74. The number of furan rings is 1. The number of nitrogens with zero attached hydrogens (tertiary/aromatic N) is 2. The van der Waals surface area contributed by atoms with Gasteiger partial charge in [0.15, 0.2) is 5.76 Å². The molecule has 3 aromatic heterocycles. The second kappa shape index (κ2) is 4.40. The summed E-state index contributed by atoms with van der Waals surface area (Å²) < 4.78 is 7.79. The van der Waals surface area contributed by atoms with Crippen LogP contribution >= 0.6 is 0 Å². The second-order valence-electron chi connectivity index (χ2n) is 6.02. The van der Waals surface area contributed by atoms with E-state index in [4.69, 9.17) is 4.42 Å². The molecule has 0 radical (unpaired) electrons. The van der Waals surface area contributed by atoms with Gasteiger partial charge in [-0.25, -0.2) is 4.98 Å². The molecule has 0 saturated carbocycles. The van der Waals surface area contributed by atoms with Crippen molar-refractivity contribution in [2.45, 2.75) is 33.2 Å². The van der Waals surface area contributed by atoms with Crippen molar-refractivity contribution >= 4 is 11.5 Å². The van der Waals surface area contributed by atoms with Crippen LogP contribution in [0.3, 0.4) is 0 Å². The van der Waals surface area contributed by atoms with Gasteiger partial charge in [0.25, 0.3) is 0 Å². The number of aromatic nitrogens is 2. The summed E-state index contributed by atoms with van der Waals surface area (Å²) in [6.45, 7) is 8.33. The van der Waals surface area contributed by atoms with E-state index < -0.39 is 0 Å². The number of rotatable bonds is 2. The first-order valence-electron chi connectivity index (χ1n) is 6.76. The Balaban J connectivity index is 2.22. The van der Waals surface area contributed by atoms with E-state index in [1.165, 1.54) is 0 Å². The molecule has 3 heterocycles. The Morgan fingerprint density at radius 2 is 1.95 bits per heavy atom. The van der Waals surface area contributed by atoms with Gasteiger partial charge >= 0.3 is 0 Å². The summed E-state index contributed by atoms with van der Waals surface area (Å²) in [6.07, 6.45) is 2.01. The van der Waals surface area contributed by atoms with E-state index in [2.05, 4.69) is 35.5 Å². The number of anilines is 1. The molecular weight excluding hydrogens is 250 g/mol. The average Bonchev–Trinajstić information content (AvgIpc) is 2.93. The lowest BCUT2D eigenvalue weighted by atomic mass is 10.1. The maximum atomic E-state index is 5.74. The zero-order chi connectivity index (χ0) is 14.3. The average molecular weight is 269 g/mol. The van der Waals surface area contributed by atoms with Crippen LogP contribution in [0.1, 0.15) is 26.5 Å². The van der Waals surface area contributed by atoms with Gasteiger partial charge in [0.1, 0.15) is 22.9 Å². The van der Waals surface area contributed by atoms with Crippen molar-refractivity contribution in [3.8, 4) is 11.5 Å². The van der Waals surface area contributed by atoms with E-state index >= 15 is 0 Å². The van der Waals surface area contributed by atoms with Crippen molar-refractivity contribution in [1.82, 2.24) is 9.38 Å². The molecule has 3 rings (SSSR count). The van der Waals surface area contributed by atoms with E-state index in [0.717, 1.165) is 28.7 Å². The molecule has 4 nitrogen and oxygen atoms in total. The fraction of sp³-hybridized carbons (Fsp3) is 0.312. The number of pyridine rings is 1. The second-order valence-corrected chi connectivity index (χ2v) is 6.02. The molecule has 0 aliphatic heterocycles. The van der Waals surface area contributed by atoms with Crippen LogP contribution in [0.2, 0.25) is 0 Å². The summed E-state index contributed by atoms with van der Waals surface area (Å²) in [5, 5.41) is 3.52. The summed E-state index contributed by atoms with van der Waals surface area (Å²) >= 11 is 0. The molecular formula is C16H19N3O. The summed E-state index contributed by atoms with van der Waals surface area (Å²) in [4.78, 5) is 4.69. The lowest BCUT2D eigenvalue weighted by molar-refractivity contribution is 0.546. The van der Waals surface area contributed by atoms with E-state index in [9.17, 15) is 0 Å². The van der Waals surface area contributed by atoms with Gasteiger partial charge < -0.3 is 9.73 Å². The first-order valence-corrected chi connectivity index (χ1v) is 6.76. The minimum Gasteiger partial charge on any atom is -0.460 e. The van der Waals surface area contributed by atoms with Crippen LogP contribution in [0.25, 0.3) is 17.1 Å². The maximum Gasteiger partial charge on any atom is 0.156 e. The molecule has 0 aliphatic carbocycles. The molecule has 0 unspecified atom stereocenters. The van der Waals surface area contributed by atoms with Crippen molar-refractivity contribution in [1.29, 1.82) is 0 Å². The molecule has 0 amide bonds. The quantitative estimate of drug-likeness (QED) is 0.761. The summed E-state index contributed by atoms with van der Waals surface area (Å²) in [6, 6.07) is 9.90. The van der Waals surface area contributed by atoms with Crippen LogP contribution in [0.4, 0.5) is 5.82 Å². The molecule has 4 heteroatoms. The Morgan fingerprint density at radius 3 is 2.60 bits per heavy atom. The number of hydrogen-bond donors (Lipinski definition) is 1. The van der Waals surface area contributed by atoms with Crippen LogP contribution in [-0.2, 0) is 0 Å². The fourth-order valence-corrected chi connectivity index (χ4v) is 2.20. The lowest BCUT2D eigenvalue weighted by Gasteiger charge is -2.22. The standard InChI is InChI=1S/C16H19N3O/c1-11-8-9-12(20-11)14-15(18-16(2,3)4)19-10-6-5-7-13(19)17-14/h5-10,18H,1-4H3. The third-order valence-corrected chi connectivity index (χ3v) is 3.00. The fourth-order valence-electron chi connectivity index (χ4n) is 2.20. The van der Waals surface area contributed by atoms with E-state index in [0.29, 0.717) is 0 Å². The van der Waals surface area contributed by atoms with Gasteiger partial charge in [-0.15, -0.1) is 0 Å². The Labute approximate surface area is 118 Å². The Hall–Kier alpha value is -2.23. The molecule has 104 valence electrons. The molecule has 3 aromatic rings. The van der Waals surface area contributed by atoms with Crippen LogP contribution < -0.4 is 5.32 Å². The number of fused-ring (bicyclic) bond motifs is 1. The number of aryl methyl sites for hydroxylation is 1. The Bertz CT molecular complexity index is 747. The van der Waals surface area contributed by atoms with Crippen molar-refractivity contribution in [3.05, 3.63) is 42.3 Å². The van der Waals surface area contributed by atoms with Crippen LogP contribution in [-0.4, -0.2) is 14.9 Å². The van der Waals surface area contributed by atoms with Crippen molar-refractivity contribution < 1.29 is 4.42 Å². The predicted octanol–water partition coefficient (Wildman–Crippen LogP) is 4.11. The van der Waals surface area contributed by atoms with E-state index in [1.807, 2.05) is 43.5 Å². The normalized spacial score (nSPS) is 12.0. The van der Waals surface area contributed by atoms with Gasteiger partial charge in [-0.3, -0.25) is 4.40 Å². The predicted molar refractivity (Wildman–Crippen MR) is 81.0 cm³/mol. The monoisotopic (exact) mass is 269 g/mol. The zero-order valence-corrected chi connectivity index (χ0v) is 12.3. The van der Waals surface area contributed by atoms with Crippen molar-refractivity contribution in [2.24, 2.45) is 0 Å². The summed E-state index contributed by atoms with van der Waals surface area (Å²) in [5.41, 5.74) is 1.70. The minimum atomic E-state index is -0.0534. The lowest BCUT2D eigenvalue weighted by Crippen LogP contribution is -2.27. The van der Waals surface area contributed by atoms with Gasteiger partial charge in [-0.2, -0.15) is 0 Å². The van der Waals surface area contributed by atoms with Gasteiger partial charge in [0, 0.05) is 11.7 Å². The molecule has 0 spiro atoms. The van der Waals surface area contributed by atoms with Crippen LogP contribution in [0.5, 0.6) is 0 Å². The Kier molecular flexibility index (Phi) is 2.82. The third-order valence-electron chi connectivity index (χ3n) is 3.00. The van der Waals surface area contributed by atoms with E-state index in [1.54, 1.807) is 0 Å². The van der Waals surface area contributed by atoms with Gasteiger partial charge in [0.2, 0.25) is 0 Å². The van der Waals surface area contributed by atoms with Crippen molar-refractivity contribution in [3.63, 3.8) is 0 Å². The molecule has 20 heavy (non-hydrogen) atoms. The number of hydrogen-bond acceptors (Lipinski definition) is 3. The van der Waals surface area contributed by atoms with Gasteiger partial charge in [-0.05, 0) is 52.0 Å². The number of nitrogens with one attached hydrogen (secondary N) is 1. The molecule has 0 bridgehead atoms. The van der Waals surface area contributed by atoms with Crippen LogP contribution in [0.15, 0.2) is 40.9 Å². The Morgan fingerprint density at radius 1 is 1.15 bits per heavy atom. The SMILES string of the molecule is Cc1ccc(-c2nc3ccccn3c2NC(C)(C)C)o1. The topological polar surface area (TPSA) is 42.5 Å². The molecule has 0 atom stereocenters. The summed E-state index contributed by atoms with van der Waals surface area (Å²) in [5.74, 6) is 2.64. The van der Waals surface area contributed by atoms with Crippen molar-refractivity contribution in [2.75, 3.05) is 5.32 Å². The first-order chi connectivity index (χ1) is 9.44. The number of imidazole rings is 1. The third kappa shape index (κ3) is 2.29. The van der Waals surface area contributed by atoms with Crippen LogP contribution in [0, 0.1) is 6.92 Å². The molecule has 1 N–H and O–H groups in total. The highest BCUT2D eigenvalue weighted by Gasteiger charge is 2.20. The molecule has 0 fully saturated rings. The molecule has 0 aromatic carbocycles. The molecule has 0 aliphatic rings. The minimum absolute atomic E-state index is 0.0534.